The van der Waals surface area contributed by atoms with Gasteiger partial charge in [-0.15, -0.1) is 0 Å². The van der Waals surface area contributed by atoms with Gasteiger partial charge in [0.15, 0.2) is 5.82 Å². The van der Waals surface area contributed by atoms with Crippen molar-refractivity contribution in [1.29, 1.82) is 0 Å². The number of hydrogen-bond acceptors (Lipinski definition) is 6. The van der Waals surface area contributed by atoms with Crippen molar-refractivity contribution in [3.05, 3.63) is 17.8 Å². The smallest absolute Gasteiger partial charge is 0.222 e. The Morgan fingerprint density at radius 2 is 2.00 bits per heavy atom. The van der Waals surface area contributed by atoms with E-state index in [1.54, 1.807) is 13.1 Å². The molecule has 0 saturated heterocycles. The lowest BCUT2D eigenvalue weighted by atomic mass is 10.0. The molecule has 0 radical (unpaired) electrons. The number of nitrogens with two attached hydrogens (primary N) is 2. The zero-order valence-corrected chi connectivity index (χ0v) is 15.0. The third kappa shape index (κ3) is 6.36. The number of fused-ring (bicyclic) bond motifs is 1. The van der Waals surface area contributed by atoms with Crippen LogP contribution < -0.4 is 16.8 Å². The van der Waals surface area contributed by atoms with Gasteiger partial charge in [-0.05, 0) is 30.9 Å². The van der Waals surface area contributed by atoms with Crippen LogP contribution >= 0.6 is 0 Å². The van der Waals surface area contributed by atoms with Crippen LogP contribution in [0.25, 0.3) is 11.0 Å². The molecule has 1 unspecified atom stereocenters. The molecule has 7 heteroatoms. The first kappa shape index (κ1) is 19.6. The molecule has 2 aromatic rings. The number of amides is 1. The van der Waals surface area contributed by atoms with Gasteiger partial charge in [-0.3, -0.25) is 9.78 Å². The Morgan fingerprint density at radius 1 is 1.29 bits per heavy atom. The number of nitrogen functional groups attached to an aromatic ring is 2. The van der Waals surface area contributed by atoms with Gasteiger partial charge in [-0.1, -0.05) is 26.7 Å². The lowest BCUT2D eigenvalue weighted by Crippen LogP contribution is -2.25. The van der Waals surface area contributed by atoms with Crippen LogP contribution in [0.4, 0.5) is 11.8 Å². The van der Waals surface area contributed by atoms with E-state index < -0.39 is 0 Å². The highest BCUT2D eigenvalue weighted by Crippen LogP contribution is 2.18. The van der Waals surface area contributed by atoms with Crippen molar-refractivity contribution in [2.24, 2.45) is 5.92 Å². The number of nitrogens with zero attached hydrogens (tertiary/aromatic N) is 3. The van der Waals surface area contributed by atoms with Gasteiger partial charge >= 0.3 is 0 Å². The van der Waals surface area contributed by atoms with Crippen molar-refractivity contribution < 1.29 is 4.79 Å². The quantitative estimate of drug-likeness (QED) is 0.773. The van der Waals surface area contributed by atoms with Gasteiger partial charge < -0.3 is 16.8 Å². The van der Waals surface area contributed by atoms with Crippen LogP contribution in [0.15, 0.2) is 12.3 Å². The summed E-state index contributed by atoms with van der Waals surface area (Å²) in [6.07, 6.45) is 5.40. The Hall–Kier alpha value is -2.44. The number of hydrogen-bond donors (Lipinski definition) is 3. The number of aromatic nitrogens is 3. The molecule has 1 atom stereocenters. The monoisotopic (exact) mass is 332 g/mol. The van der Waals surface area contributed by atoms with Crippen molar-refractivity contribution in [1.82, 2.24) is 20.3 Å². The van der Waals surface area contributed by atoms with Gasteiger partial charge in [-0.2, -0.15) is 4.98 Å². The van der Waals surface area contributed by atoms with Crippen LogP contribution in [0.1, 0.15) is 45.6 Å². The van der Waals surface area contributed by atoms with Gasteiger partial charge in [0.05, 0.1) is 5.52 Å². The van der Waals surface area contributed by atoms with Gasteiger partial charge in [0.25, 0.3) is 0 Å². The predicted octanol–water partition coefficient (Wildman–Crippen LogP) is 2.45. The highest BCUT2D eigenvalue weighted by atomic mass is 16.1. The minimum atomic E-state index is 0.0772. The summed E-state index contributed by atoms with van der Waals surface area (Å²) in [6, 6.07) is 1.86. The normalized spacial score (nSPS) is 11.5. The summed E-state index contributed by atoms with van der Waals surface area (Å²) in [4.78, 5) is 22.5. The second-order valence-corrected chi connectivity index (χ2v) is 5.98. The van der Waals surface area contributed by atoms with Crippen molar-refractivity contribution in [2.75, 3.05) is 18.0 Å². The van der Waals surface area contributed by atoms with Crippen LogP contribution in [-0.4, -0.2) is 27.4 Å². The first-order chi connectivity index (χ1) is 11.3. The molecule has 24 heavy (non-hydrogen) atoms. The van der Waals surface area contributed by atoms with E-state index in [0.29, 0.717) is 22.8 Å². The van der Waals surface area contributed by atoms with E-state index in [0.717, 1.165) is 12.1 Å². The highest BCUT2D eigenvalue weighted by Gasteiger charge is 2.05. The Labute approximate surface area is 143 Å². The Morgan fingerprint density at radius 3 is 2.62 bits per heavy atom. The standard InChI is InChI=1S/C9H19NO.C8H9N5/c1-4-5-6-8(2)7-10-9(3)11;1-4-2-3-11-6-5(4)12-8(10)13-7(6)9/h8H,4-7H2,1-3H3,(H,10,11);2-3H,1H3,(H4,9,10,12,13). The zero-order chi connectivity index (χ0) is 18.1. The van der Waals surface area contributed by atoms with Crippen molar-refractivity contribution in [2.45, 2.75) is 47.0 Å². The second kappa shape index (κ2) is 9.64. The largest absolute Gasteiger partial charge is 0.382 e. The second-order valence-electron chi connectivity index (χ2n) is 5.98. The van der Waals surface area contributed by atoms with Gasteiger partial charge in [-0.25, -0.2) is 4.98 Å². The number of pyridine rings is 1. The minimum Gasteiger partial charge on any atom is -0.382 e. The Bertz CT molecular complexity index is 673. The van der Waals surface area contributed by atoms with Crippen LogP contribution in [0.5, 0.6) is 0 Å². The van der Waals surface area contributed by atoms with E-state index >= 15 is 0 Å². The minimum absolute atomic E-state index is 0.0772. The fourth-order valence-corrected chi connectivity index (χ4v) is 2.17. The first-order valence-corrected chi connectivity index (χ1v) is 8.23. The number of rotatable bonds is 5. The maximum atomic E-state index is 10.5. The van der Waals surface area contributed by atoms with E-state index in [-0.39, 0.29) is 11.9 Å². The van der Waals surface area contributed by atoms with Gasteiger partial charge in [0, 0.05) is 19.7 Å². The van der Waals surface area contributed by atoms with Crippen LogP contribution in [0.2, 0.25) is 0 Å². The molecule has 0 aliphatic heterocycles. The number of anilines is 2. The molecule has 0 fully saturated rings. The summed E-state index contributed by atoms with van der Waals surface area (Å²) in [5, 5.41) is 2.82. The van der Waals surface area contributed by atoms with Crippen molar-refractivity contribution >= 4 is 28.7 Å². The lowest BCUT2D eigenvalue weighted by Gasteiger charge is -2.10. The summed E-state index contributed by atoms with van der Waals surface area (Å²) in [6.45, 7) is 8.68. The fraction of sp³-hybridized carbons (Fsp3) is 0.529. The molecule has 0 aromatic carbocycles. The van der Waals surface area contributed by atoms with E-state index in [2.05, 4.69) is 34.1 Å². The molecular formula is C17H28N6O. The predicted molar refractivity (Wildman–Crippen MR) is 98.3 cm³/mol. The number of nitrogens with one attached hydrogen (secondary N) is 1. The maximum Gasteiger partial charge on any atom is 0.222 e. The third-order valence-electron chi connectivity index (χ3n) is 3.58. The highest BCUT2D eigenvalue weighted by molar-refractivity contribution is 5.86. The number of carbonyl (C=O) groups excluding carboxylic acids is 1. The molecule has 2 heterocycles. The maximum absolute atomic E-state index is 10.5. The molecule has 0 saturated carbocycles. The van der Waals surface area contributed by atoms with E-state index in [4.69, 9.17) is 11.5 Å². The fourth-order valence-electron chi connectivity index (χ4n) is 2.17. The first-order valence-electron chi connectivity index (χ1n) is 8.23. The van der Waals surface area contributed by atoms with Crippen LogP contribution in [-0.2, 0) is 4.79 Å². The number of carbonyl (C=O) groups is 1. The van der Waals surface area contributed by atoms with Crippen LogP contribution in [0.3, 0.4) is 0 Å². The summed E-state index contributed by atoms with van der Waals surface area (Å²) >= 11 is 0. The average molecular weight is 332 g/mol. The van der Waals surface area contributed by atoms with Gasteiger partial charge in [0.2, 0.25) is 11.9 Å². The molecule has 2 rings (SSSR count). The van der Waals surface area contributed by atoms with Gasteiger partial charge in [0.1, 0.15) is 5.52 Å². The molecule has 0 spiro atoms. The topological polar surface area (TPSA) is 120 Å². The lowest BCUT2D eigenvalue weighted by molar-refractivity contribution is -0.119. The molecule has 0 aliphatic rings. The van der Waals surface area contributed by atoms with Crippen molar-refractivity contribution in [3.8, 4) is 0 Å². The third-order valence-corrected chi connectivity index (χ3v) is 3.58. The Balaban J connectivity index is 0.000000245. The molecule has 0 bridgehead atoms. The molecule has 7 nitrogen and oxygen atoms in total. The summed E-state index contributed by atoms with van der Waals surface area (Å²) in [5.41, 5.74) is 13.4. The van der Waals surface area contributed by atoms with E-state index in [1.165, 1.54) is 19.3 Å². The Kier molecular flexibility index (Phi) is 7.88. The van der Waals surface area contributed by atoms with E-state index in [9.17, 15) is 4.79 Å². The zero-order valence-electron chi connectivity index (χ0n) is 15.0. The van der Waals surface area contributed by atoms with Crippen molar-refractivity contribution in [3.63, 3.8) is 0 Å². The molecule has 2 aromatic heterocycles. The summed E-state index contributed by atoms with van der Waals surface area (Å²) in [5.74, 6) is 1.21. The number of unbranched alkanes of at least 4 members (excludes halogenated alkanes) is 1. The molecule has 5 N–H and O–H groups in total. The van der Waals surface area contributed by atoms with Crippen LogP contribution in [0, 0.1) is 12.8 Å². The number of aryl methyl sites for hydroxylation is 1. The SMILES string of the molecule is CCCCC(C)CNC(C)=O.Cc1ccnc2c(N)nc(N)nc12. The molecular weight excluding hydrogens is 304 g/mol. The molecule has 132 valence electrons. The average Bonchev–Trinajstić information content (AvgIpc) is 2.52. The molecule has 1 amide bonds. The summed E-state index contributed by atoms with van der Waals surface area (Å²) in [7, 11) is 0. The summed E-state index contributed by atoms with van der Waals surface area (Å²) < 4.78 is 0. The molecule has 0 aliphatic carbocycles. The van der Waals surface area contributed by atoms with E-state index in [1.807, 2.05) is 13.0 Å².